The third-order valence-electron chi connectivity index (χ3n) is 6.66. The molecule has 0 radical (unpaired) electrons. The van der Waals surface area contributed by atoms with Crippen LogP contribution in [0.1, 0.15) is 10.4 Å². The van der Waals surface area contributed by atoms with Crippen molar-refractivity contribution in [2.45, 2.75) is 19.1 Å². The van der Waals surface area contributed by atoms with Crippen molar-refractivity contribution >= 4 is 44.1 Å². The van der Waals surface area contributed by atoms with Gasteiger partial charge in [0.15, 0.2) is 0 Å². The zero-order chi connectivity index (χ0) is 22.4. The van der Waals surface area contributed by atoms with Crippen LogP contribution in [-0.2, 0) is 22.7 Å². The molecule has 1 atom stereocenters. The SMILES string of the molecule is O=C1C2CN(Cc3cccc4ncccc34)CCN2C(=O)CN1Cc1cc2ccccc2s1. The Bertz CT molecular complexity index is 1330. The van der Waals surface area contributed by atoms with Gasteiger partial charge in [-0.05, 0) is 35.2 Å². The summed E-state index contributed by atoms with van der Waals surface area (Å²) in [4.78, 5) is 37.7. The molecule has 6 rings (SSSR count). The molecule has 2 amide bonds. The Kier molecular flexibility index (Phi) is 5.08. The van der Waals surface area contributed by atoms with E-state index in [1.807, 2.05) is 36.5 Å². The van der Waals surface area contributed by atoms with Gasteiger partial charge in [0.25, 0.3) is 0 Å². The van der Waals surface area contributed by atoms with Gasteiger partial charge in [-0.25, -0.2) is 0 Å². The van der Waals surface area contributed by atoms with E-state index in [0.717, 1.165) is 28.9 Å². The zero-order valence-corrected chi connectivity index (χ0v) is 19.0. The zero-order valence-electron chi connectivity index (χ0n) is 18.2. The van der Waals surface area contributed by atoms with E-state index in [2.05, 4.69) is 40.2 Å². The molecule has 166 valence electrons. The summed E-state index contributed by atoms with van der Waals surface area (Å²) in [6, 6.07) is 20.2. The smallest absolute Gasteiger partial charge is 0.247 e. The number of hydrogen-bond acceptors (Lipinski definition) is 5. The van der Waals surface area contributed by atoms with Gasteiger partial charge < -0.3 is 9.80 Å². The number of benzene rings is 2. The second-order valence-electron chi connectivity index (χ2n) is 8.77. The maximum atomic E-state index is 13.4. The number of carbonyl (C=O) groups is 2. The van der Waals surface area contributed by atoms with Gasteiger partial charge in [-0.15, -0.1) is 11.3 Å². The van der Waals surface area contributed by atoms with Crippen molar-refractivity contribution in [2.75, 3.05) is 26.2 Å². The van der Waals surface area contributed by atoms with Crippen LogP contribution in [0.15, 0.2) is 66.9 Å². The lowest BCUT2D eigenvalue weighted by atomic mass is 10.0. The van der Waals surface area contributed by atoms with Gasteiger partial charge in [-0.1, -0.05) is 36.4 Å². The summed E-state index contributed by atoms with van der Waals surface area (Å²) in [6.45, 7) is 3.31. The average molecular weight is 457 g/mol. The molecule has 2 aromatic heterocycles. The first-order chi connectivity index (χ1) is 16.2. The summed E-state index contributed by atoms with van der Waals surface area (Å²) in [5, 5.41) is 2.32. The van der Waals surface area contributed by atoms with E-state index in [9.17, 15) is 9.59 Å². The van der Waals surface area contributed by atoms with Gasteiger partial charge in [0.1, 0.15) is 12.6 Å². The summed E-state index contributed by atoms with van der Waals surface area (Å²) < 4.78 is 1.21. The highest BCUT2D eigenvalue weighted by Gasteiger charge is 2.42. The summed E-state index contributed by atoms with van der Waals surface area (Å²) in [5.41, 5.74) is 2.18. The van der Waals surface area contributed by atoms with Crippen LogP contribution in [0.5, 0.6) is 0 Å². The normalized spacial score (nSPS) is 19.5. The predicted octanol–water partition coefficient (Wildman–Crippen LogP) is 3.50. The molecular weight excluding hydrogens is 432 g/mol. The monoisotopic (exact) mass is 456 g/mol. The van der Waals surface area contributed by atoms with E-state index in [0.29, 0.717) is 19.6 Å². The lowest BCUT2D eigenvalue weighted by Crippen LogP contribution is -2.66. The Labute approximate surface area is 196 Å². The highest BCUT2D eigenvalue weighted by Crippen LogP contribution is 2.28. The Hall–Kier alpha value is -3.29. The minimum Gasteiger partial charge on any atom is -0.327 e. The largest absolute Gasteiger partial charge is 0.327 e. The topological polar surface area (TPSA) is 56.8 Å². The average Bonchev–Trinajstić information content (AvgIpc) is 3.25. The number of nitrogens with zero attached hydrogens (tertiary/aromatic N) is 4. The molecule has 2 aliphatic rings. The second-order valence-corrected chi connectivity index (χ2v) is 9.94. The van der Waals surface area contributed by atoms with Crippen molar-refractivity contribution in [3.05, 3.63) is 77.3 Å². The van der Waals surface area contributed by atoms with Crippen LogP contribution in [0.2, 0.25) is 0 Å². The molecule has 4 heterocycles. The van der Waals surface area contributed by atoms with E-state index >= 15 is 0 Å². The van der Waals surface area contributed by atoms with E-state index in [-0.39, 0.29) is 18.4 Å². The number of aromatic nitrogens is 1. The van der Waals surface area contributed by atoms with Crippen LogP contribution in [0, 0.1) is 0 Å². The number of piperazine rings is 2. The van der Waals surface area contributed by atoms with Crippen LogP contribution in [0.25, 0.3) is 21.0 Å². The van der Waals surface area contributed by atoms with E-state index in [1.54, 1.807) is 21.1 Å². The van der Waals surface area contributed by atoms with Gasteiger partial charge in [-0.3, -0.25) is 19.5 Å². The minimum absolute atomic E-state index is 0.0507. The van der Waals surface area contributed by atoms with Crippen LogP contribution in [-0.4, -0.2) is 63.7 Å². The van der Waals surface area contributed by atoms with E-state index in [4.69, 9.17) is 0 Å². The highest BCUT2D eigenvalue weighted by molar-refractivity contribution is 7.19. The van der Waals surface area contributed by atoms with Crippen molar-refractivity contribution < 1.29 is 9.59 Å². The number of fused-ring (bicyclic) bond motifs is 3. The van der Waals surface area contributed by atoms with Crippen molar-refractivity contribution in [3.63, 3.8) is 0 Å². The van der Waals surface area contributed by atoms with Crippen LogP contribution >= 0.6 is 11.3 Å². The summed E-state index contributed by atoms with van der Waals surface area (Å²) in [5.74, 6) is 0.103. The van der Waals surface area contributed by atoms with Crippen molar-refractivity contribution in [1.82, 2.24) is 19.7 Å². The number of hydrogen-bond donors (Lipinski definition) is 0. The lowest BCUT2D eigenvalue weighted by Gasteiger charge is -2.46. The highest BCUT2D eigenvalue weighted by atomic mass is 32.1. The fraction of sp³-hybridized carbons (Fsp3) is 0.269. The molecule has 6 nitrogen and oxygen atoms in total. The van der Waals surface area contributed by atoms with Gasteiger partial charge in [0.05, 0.1) is 12.1 Å². The molecule has 0 N–H and O–H groups in total. The van der Waals surface area contributed by atoms with Crippen molar-refractivity contribution in [3.8, 4) is 0 Å². The fourth-order valence-electron chi connectivity index (χ4n) is 5.02. The molecule has 2 saturated heterocycles. The Balaban J connectivity index is 1.20. The third-order valence-corrected chi connectivity index (χ3v) is 7.76. The van der Waals surface area contributed by atoms with Crippen molar-refractivity contribution in [2.24, 2.45) is 0 Å². The molecular formula is C26H24N4O2S. The molecule has 0 bridgehead atoms. The maximum absolute atomic E-state index is 13.4. The fourth-order valence-corrected chi connectivity index (χ4v) is 6.10. The van der Waals surface area contributed by atoms with Gasteiger partial charge in [0.2, 0.25) is 11.8 Å². The van der Waals surface area contributed by atoms with Crippen LogP contribution in [0.3, 0.4) is 0 Å². The Morgan fingerprint density at radius 2 is 1.88 bits per heavy atom. The van der Waals surface area contributed by atoms with Gasteiger partial charge in [-0.2, -0.15) is 0 Å². The number of amides is 2. The molecule has 0 saturated carbocycles. The molecule has 4 aromatic rings. The number of carbonyl (C=O) groups excluding carboxylic acids is 2. The molecule has 1 unspecified atom stereocenters. The first-order valence-corrected chi connectivity index (χ1v) is 12.1. The molecule has 0 aliphatic carbocycles. The van der Waals surface area contributed by atoms with Crippen molar-refractivity contribution in [1.29, 1.82) is 0 Å². The van der Waals surface area contributed by atoms with Crippen LogP contribution < -0.4 is 0 Å². The van der Waals surface area contributed by atoms with Gasteiger partial charge >= 0.3 is 0 Å². The second kappa shape index (κ2) is 8.24. The lowest BCUT2D eigenvalue weighted by molar-refractivity contribution is -0.160. The first kappa shape index (κ1) is 20.3. The molecule has 2 aliphatic heterocycles. The van der Waals surface area contributed by atoms with Gasteiger partial charge in [0, 0.05) is 47.3 Å². The Morgan fingerprint density at radius 3 is 2.79 bits per heavy atom. The predicted molar refractivity (Wildman–Crippen MR) is 130 cm³/mol. The van der Waals surface area contributed by atoms with E-state index < -0.39 is 6.04 Å². The Morgan fingerprint density at radius 1 is 0.970 bits per heavy atom. The van der Waals surface area contributed by atoms with Crippen LogP contribution in [0.4, 0.5) is 0 Å². The summed E-state index contributed by atoms with van der Waals surface area (Å²) in [7, 11) is 0. The van der Waals surface area contributed by atoms with E-state index in [1.165, 1.54) is 15.6 Å². The minimum atomic E-state index is -0.414. The third kappa shape index (κ3) is 3.77. The molecule has 33 heavy (non-hydrogen) atoms. The molecule has 7 heteroatoms. The summed E-state index contributed by atoms with van der Waals surface area (Å²) >= 11 is 1.69. The number of pyridine rings is 1. The number of thiophene rings is 1. The molecule has 0 spiro atoms. The molecule has 2 fully saturated rings. The number of rotatable bonds is 4. The maximum Gasteiger partial charge on any atom is 0.247 e. The standard InChI is InChI=1S/C26H24N4O2S/c31-25-17-29(15-20-13-18-5-1-2-9-24(18)33-20)26(32)23-16-28(11-12-30(23)25)14-19-6-3-8-22-21(19)7-4-10-27-22/h1-10,13,23H,11-12,14-17H2. The quantitative estimate of drug-likeness (QED) is 0.472. The summed E-state index contributed by atoms with van der Waals surface area (Å²) in [6.07, 6.45) is 1.81. The molecule has 2 aromatic carbocycles. The first-order valence-electron chi connectivity index (χ1n) is 11.3.